The molecule has 11 heteroatoms. The third kappa shape index (κ3) is 5.62. The van der Waals surface area contributed by atoms with Crippen molar-refractivity contribution < 1.29 is 19.4 Å². The number of ether oxygens (including phenoxy) is 1. The molecule has 0 saturated heterocycles. The molecule has 0 aliphatic heterocycles. The summed E-state index contributed by atoms with van der Waals surface area (Å²) in [6, 6.07) is 13.7. The molecule has 0 saturated carbocycles. The SMILES string of the molecule is O=C(Oc1cccc(C=Nc2ccc(Cl)c(Cl)c2)c1)c1cc([N+](=O)[O-])cc([N+](=O)[O-])c1. The van der Waals surface area contributed by atoms with Gasteiger partial charge < -0.3 is 4.74 Å². The molecule has 0 bridgehead atoms. The van der Waals surface area contributed by atoms with Gasteiger partial charge >= 0.3 is 5.97 Å². The van der Waals surface area contributed by atoms with Gasteiger partial charge in [0.1, 0.15) is 5.75 Å². The first kappa shape index (κ1) is 21.9. The molecule has 0 fully saturated rings. The van der Waals surface area contributed by atoms with E-state index in [0.717, 1.165) is 18.2 Å². The predicted molar refractivity (Wildman–Crippen MR) is 115 cm³/mol. The molecule has 156 valence electrons. The molecule has 31 heavy (non-hydrogen) atoms. The van der Waals surface area contributed by atoms with Crippen LogP contribution in [-0.4, -0.2) is 22.0 Å². The number of carbonyl (C=O) groups is 1. The number of nitro groups is 2. The summed E-state index contributed by atoms with van der Waals surface area (Å²) < 4.78 is 5.21. The molecule has 3 aromatic rings. The van der Waals surface area contributed by atoms with E-state index >= 15 is 0 Å². The van der Waals surface area contributed by atoms with Crippen LogP contribution in [0.25, 0.3) is 0 Å². The topological polar surface area (TPSA) is 125 Å². The van der Waals surface area contributed by atoms with Crippen molar-refractivity contribution in [2.45, 2.75) is 0 Å². The number of non-ortho nitro benzene ring substituents is 2. The lowest BCUT2D eigenvalue weighted by Crippen LogP contribution is -2.10. The van der Waals surface area contributed by atoms with Crippen molar-refractivity contribution in [3.8, 4) is 5.75 Å². The minimum absolute atomic E-state index is 0.122. The average molecular weight is 460 g/mol. The van der Waals surface area contributed by atoms with Crippen LogP contribution in [0.15, 0.2) is 65.7 Å². The first-order valence-corrected chi connectivity index (χ1v) is 9.24. The highest BCUT2D eigenvalue weighted by molar-refractivity contribution is 6.42. The van der Waals surface area contributed by atoms with Gasteiger partial charge in [-0.05, 0) is 35.9 Å². The Morgan fingerprint density at radius 1 is 0.903 bits per heavy atom. The summed E-state index contributed by atoms with van der Waals surface area (Å²) in [6.07, 6.45) is 1.51. The zero-order valence-electron chi connectivity index (χ0n) is 15.4. The summed E-state index contributed by atoms with van der Waals surface area (Å²) in [5.74, 6) is -0.859. The molecular weight excluding hydrogens is 449 g/mol. The fraction of sp³-hybridized carbons (Fsp3) is 0. The van der Waals surface area contributed by atoms with Crippen LogP contribution >= 0.6 is 23.2 Å². The lowest BCUT2D eigenvalue weighted by Gasteiger charge is -2.05. The van der Waals surface area contributed by atoms with E-state index in [1.54, 1.807) is 30.3 Å². The van der Waals surface area contributed by atoms with Crippen molar-refractivity contribution in [2.24, 2.45) is 4.99 Å². The molecule has 3 aromatic carbocycles. The van der Waals surface area contributed by atoms with E-state index in [9.17, 15) is 25.0 Å². The van der Waals surface area contributed by atoms with E-state index in [4.69, 9.17) is 27.9 Å². The van der Waals surface area contributed by atoms with E-state index in [1.807, 2.05) is 0 Å². The highest BCUT2D eigenvalue weighted by Crippen LogP contribution is 2.27. The maximum absolute atomic E-state index is 12.4. The average Bonchev–Trinajstić information content (AvgIpc) is 2.74. The number of hydrogen-bond acceptors (Lipinski definition) is 7. The van der Waals surface area contributed by atoms with Gasteiger partial charge in [0.2, 0.25) is 0 Å². The number of nitrogens with zero attached hydrogens (tertiary/aromatic N) is 3. The van der Waals surface area contributed by atoms with E-state index in [1.165, 1.54) is 18.3 Å². The molecular formula is C20H11Cl2N3O6. The number of halogens is 2. The Labute approximate surface area is 184 Å². The Hall–Kier alpha value is -3.82. The third-order valence-electron chi connectivity index (χ3n) is 3.89. The molecule has 3 rings (SSSR count). The number of aliphatic imine (C=N–C) groups is 1. The minimum atomic E-state index is -0.981. The van der Waals surface area contributed by atoms with Crippen LogP contribution in [0, 0.1) is 20.2 Å². The maximum atomic E-state index is 12.4. The van der Waals surface area contributed by atoms with Crippen LogP contribution in [0.2, 0.25) is 10.0 Å². The van der Waals surface area contributed by atoms with Gasteiger partial charge in [0.25, 0.3) is 11.4 Å². The van der Waals surface area contributed by atoms with Crippen LogP contribution in [0.3, 0.4) is 0 Å². The van der Waals surface area contributed by atoms with E-state index < -0.39 is 27.2 Å². The third-order valence-corrected chi connectivity index (χ3v) is 4.63. The van der Waals surface area contributed by atoms with Crippen LogP contribution in [0.5, 0.6) is 5.75 Å². The Morgan fingerprint density at radius 3 is 2.19 bits per heavy atom. The highest BCUT2D eigenvalue weighted by atomic mass is 35.5. The van der Waals surface area contributed by atoms with Crippen LogP contribution in [-0.2, 0) is 0 Å². The Morgan fingerprint density at radius 2 is 1.58 bits per heavy atom. The first-order chi connectivity index (χ1) is 14.7. The van der Waals surface area contributed by atoms with Crippen molar-refractivity contribution in [1.29, 1.82) is 0 Å². The zero-order valence-corrected chi connectivity index (χ0v) is 16.9. The fourth-order valence-electron chi connectivity index (χ4n) is 2.46. The molecule has 9 nitrogen and oxygen atoms in total. The quantitative estimate of drug-likeness (QED) is 0.151. The number of hydrogen-bond donors (Lipinski definition) is 0. The number of benzene rings is 3. The second-order valence-corrected chi connectivity index (χ2v) is 6.89. The number of carbonyl (C=O) groups excluding carboxylic acids is 1. The summed E-state index contributed by atoms with van der Waals surface area (Å²) in [5, 5.41) is 22.7. The lowest BCUT2D eigenvalue weighted by atomic mass is 10.1. The molecule has 0 amide bonds. The Bertz CT molecular complexity index is 1200. The second kappa shape index (κ2) is 9.33. The van der Waals surface area contributed by atoms with Crippen molar-refractivity contribution >= 4 is 52.4 Å². The summed E-state index contributed by atoms with van der Waals surface area (Å²) in [5.41, 5.74) is -0.370. The highest BCUT2D eigenvalue weighted by Gasteiger charge is 2.21. The van der Waals surface area contributed by atoms with Gasteiger partial charge in [-0.1, -0.05) is 35.3 Å². The molecule has 0 heterocycles. The molecule has 0 spiro atoms. The van der Waals surface area contributed by atoms with Crippen molar-refractivity contribution in [2.75, 3.05) is 0 Å². The second-order valence-electron chi connectivity index (χ2n) is 6.07. The van der Waals surface area contributed by atoms with Gasteiger partial charge in [0, 0.05) is 18.3 Å². The van der Waals surface area contributed by atoms with Crippen LogP contribution < -0.4 is 4.74 Å². The number of rotatable bonds is 6. The lowest BCUT2D eigenvalue weighted by molar-refractivity contribution is -0.394. The van der Waals surface area contributed by atoms with Gasteiger partial charge in [-0.15, -0.1) is 0 Å². The monoisotopic (exact) mass is 459 g/mol. The predicted octanol–water partition coefficient (Wildman–Crippen LogP) is 5.78. The first-order valence-electron chi connectivity index (χ1n) is 8.48. The molecule has 0 radical (unpaired) electrons. The molecule has 0 atom stereocenters. The number of esters is 1. The summed E-state index contributed by atoms with van der Waals surface area (Å²) >= 11 is 11.8. The van der Waals surface area contributed by atoms with Gasteiger partial charge in [0.05, 0.1) is 37.2 Å². The largest absolute Gasteiger partial charge is 0.423 e. The maximum Gasteiger partial charge on any atom is 0.344 e. The smallest absolute Gasteiger partial charge is 0.344 e. The van der Waals surface area contributed by atoms with Crippen molar-refractivity contribution in [1.82, 2.24) is 0 Å². The van der Waals surface area contributed by atoms with Gasteiger partial charge in [0.15, 0.2) is 0 Å². The molecule has 0 N–H and O–H groups in total. The van der Waals surface area contributed by atoms with Gasteiger partial charge in [-0.3, -0.25) is 25.2 Å². The zero-order chi connectivity index (χ0) is 22.5. The van der Waals surface area contributed by atoms with E-state index in [2.05, 4.69) is 4.99 Å². The molecule has 0 aliphatic carbocycles. The normalized spacial score (nSPS) is 10.8. The van der Waals surface area contributed by atoms with Crippen molar-refractivity contribution in [3.05, 3.63) is 102 Å². The molecule has 0 aliphatic rings. The standard InChI is InChI=1S/C20H11Cl2N3O6/c21-18-5-4-14(9-19(18)22)23-11-12-2-1-3-17(6-12)31-20(26)13-7-15(24(27)28)10-16(8-13)25(29)30/h1-11H. The molecule has 0 unspecified atom stereocenters. The Balaban J connectivity index is 1.81. The summed E-state index contributed by atoms with van der Waals surface area (Å²) in [6.45, 7) is 0. The van der Waals surface area contributed by atoms with Crippen LogP contribution in [0.1, 0.15) is 15.9 Å². The van der Waals surface area contributed by atoms with Gasteiger partial charge in [-0.25, -0.2) is 4.79 Å². The van der Waals surface area contributed by atoms with Crippen molar-refractivity contribution in [3.63, 3.8) is 0 Å². The Kier molecular flexibility index (Phi) is 6.58. The number of nitro benzene ring substituents is 2. The summed E-state index contributed by atoms with van der Waals surface area (Å²) in [4.78, 5) is 37.0. The van der Waals surface area contributed by atoms with Gasteiger partial charge in [-0.2, -0.15) is 0 Å². The van der Waals surface area contributed by atoms with E-state index in [0.29, 0.717) is 21.3 Å². The fourth-order valence-corrected chi connectivity index (χ4v) is 2.75. The molecule has 0 aromatic heterocycles. The van der Waals surface area contributed by atoms with E-state index in [-0.39, 0.29) is 11.3 Å². The minimum Gasteiger partial charge on any atom is -0.423 e. The summed E-state index contributed by atoms with van der Waals surface area (Å²) in [7, 11) is 0. The van der Waals surface area contributed by atoms with Crippen LogP contribution in [0.4, 0.5) is 17.1 Å².